The average molecular weight is 611 g/mol. The molecule has 0 radical (unpaired) electrons. The first kappa shape index (κ1) is 22.7. The highest BCUT2D eigenvalue weighted by atomic mass is 16.4. The lowest BCUT2D eigenvalue weighted by molar-refractivity contribution is -0.159. The van der Waals surface area contributed by atoms with Crippen LogP contribution in [0.3, 0.4) is 0 Å². The Morgan fingerprint density at radius 3 is 2.49 bits per heavy atom. The van der Waals surface area contributed by atoms with Crippen LogP contribution in [0.2, 0.25) is 0 Å². The fourth-order valence-corrected chi connectivity index (χ4v) is 5.99. The number of ketones is 2. The number of rotatable bonds is 10. The highest BCUT2D eigenvalue weighted by Crippen LogP contribution is 2.57. The molecule has 0 bridgehead atoms. The zero-order valence-corrected chi connectivity index (χ0v) is 23.3. The average Bonchev–Trinajstić information content (AvgIpc) is 3.00. The van der Waals surface area contributed by atoms with Gasteiger partial charge in [0.25, 0.3) is 5.91 Å². The molecular weight excluding hydrogens is 564 g/mol. The lowest BCUT2D eigenvalue weighted by atomic mass is 9.54. The lowest BCUT2D eigenvalue weighted by Crippen LogP contribution is -2.67. The van der Waals surface area contributed by atoms with Crippen LogP contribution in [0, 0.1) is 11.8 Å². The van der Waals surface area contributed by atoms with Crippen molar-refractivity contribution in [3.63, 3.8) is 0 Å². The Morgan fingerprint density at radius 2 is 1.86 bits per heavy atom. The number of nitrogens with one attached hydrogen (secondary N) is 2. The van der Waals surface area contributed by atoms with Crippen LogP contribution in [0.25, 0.3) is 5.76 Å². The summed E-state index contributed by atoms with van der Waals surface area (Å²) in [5.41, 5.74) is -1.86. The summed E-state index contributed by atoms with van der Waals surface area (Å²) in [5.74, 6) is -11.7. The van der Waals surface area contributed by atoms with E-state index >= 15 is 0 Å². The predicted octanol–water partition coefficient (Wildman–Crippen LogP) is -0.611. The first-order valence-electron chi connectivity index (χ1n) is 17.0. The van der Waals surface area contributed by atoms with Crippen molar-refractivity contribution in [2.75, 3.05) is 27.3 Å². The number of benzene rings is 1. The van der Waals surface area contributed by atoms with Crippen molar-refractivity contribution in [2.45, 2.75) is 55.7 Å². The highest BCUT2D eigenvalue weighted by molar-refractivity contribution is 6.25. The van der Waals surface area contributed by atoms with E-state index in [0.29, 0.717) is 0 Å². The van der Waals surface area contributed by atoms with Gasteiger partial charge in [0.15, 0.2) is 11.4 Å². The number of aromatic hydroxyl groups is 1. The third kappa shape index (κ3) is 5.18. The fraction of sp³-hybridized carbons (Fsp3) is 0.517. The van der Waals surface area contributed by atoms with Crippen LogP contribution in [0.5, 0.6) is 5.75 Å². The van der Waals surface area contributed by atoms with E-state index in [1.54, 1.807) is 5.32 Å². The zero-order chi connectivity index (χ0) is 39.2. The summed E-state index contributed by atoms with van der Waals surface area (Å²) < 4.78 is 64.0. The molecule has 3 aliphatic carbocycles. The van der Waals surface area contributed by atoms with E-state index < -0.39 is 126 Å². The highest BCUT2D eigenvalue weighted by Gasteiger charge is 2.66. The largest absolute Gasteiger partial charge is 0.508 e. The number of fused-ring (bicyclic) bond motifs is 3. The van der Waals surface area contributed by atoms with Gasteiger partial charge in [0, 0.05) is 28.4 Å². The maximum Gasteiger partial charge on any atom is 0.320 e. The molecule has 0 aliphatic heterocycles. The molecule has 234 valence electrons. The van der Waals surface area contributed by atoms with Crippen molar-refractivity contribution >= 4 is 29.2 Å². The second-order valence-electron chi connectivity index (χ2n) is 10.8. The van der Waals surface area contributed by atoms with E-state index in [9.17, 15) is 44.7 Å². The van der Waals surface area contributed by atoms with Crippen molar-refractivity contribution in [3.05, 3.63) is 46.2 Å². The Balaban J connectivity index is 1.71. The summed E-state index contributed by atoms with van der Waals surface area (Å²) in [5, 5.41) is 69.5. The Kier molecular flexibility index (Phi) is 6.17. The molecule has 10 N–H and O–H groups in total. The summed E-state index contributed by atoms with van der Waals surface area (Å²) >= 11 is 0. The molecule has 43 heavy (non-hydrogen) atoms. The Morgan fingerprint density at radius 1 is 1.19 bits per heavy atom. The molecule has 14 heteroatoms. The number of aliphatic carboxylic acids is 1. The summed E-state index contributed by atoms with van der Waals surface area (Å²) in [6, 6.07) is -0.178. The minimum atomic E-state index is -3.92. The maximum atomic E-state index is 14.2. The molecule has 3 aliphatic rings. The van der Waals surface area contributed by atoms with Crippen LogP contribution in [-0.2, 0) is 24.8 Å². The minimum Gasteiger partial charge on any atom is -0.508 e. The molecule has 4 rings (SSSR count). The van der Waals surface area contributed by atoms with E-state index in [1.165, 1.54) is 44.1 Å². The van der Waals surface area contributed by atoms with E-state index in [4.69, 9.17) is 21.8 Å². The van der Waals surface area contributed by atoms with Gasteiger partial charge >= 0.3 is 5.97 Å². The number of carboxylic acid groups (broad SMARTS) is 1. The minimum absolute atomic E-state index is 0.0426. The Labute approximate surface area is 258 Å². The normalized spacial score (nSPS) is 33.3. The molecule has 1 aromatic rings. The topological polar surface area (TPSA) is 243 Å². The number of likely N-dealkylation sites (N-methyl/N-ethyl adjacent to an activating group) is 1. The summed E-state index contributed by atoms with van der Waals surface area (Å²) in [4.78, 5) is 53.9. The van der Waals surface area contributed by atoms with Crippen LogP contribution in [0.1, 0.15) is 54.6 Å². The molecule has 14 nitrogen and oxygen atoms in total. The van der Waals surface area contributed by atoms with Crippen LogP contribution < -0.4 is 16.4 Å². The Bertz CT molecular complexity index is 1770. The zero-order valence-electron chi connectivity index (χ0n) is 31.3. The van der Waals surface area contributed by atoms with Gasteiger partial charge in [-0.15, -0.1) is 0 Å². The number of carbonyl (C=O) groups excluding carboxylic acids is 3. The van der Waals surface area contributed by atoms with Gasteiger partial charge in [0.1, 0.15) is 28.9 Å². The number of aliphatic hydroxyl groups excluding tert-OH is 2. The number of aliphatic hydroxyl groups is 4. The van der Waals surface area contributed by atoms with E-state index in [-0.39, 0.29) is 11.1 Å². The number of hydrogen-bond acceptors (Lipinski definition) is 12. The molecular formula is C29H38N4O10. The monoisotopic (exact) mass is 610 g/mol. The number of nitrogens with zero attached hydrogens (tertiary/aromatic N) is 1. The van der Waals surface area contributed by atoms with Gasteiger partial charge < -0.3 is 41.7 Å². The molecule has 0 heterocycles. The number of hydrogen-bond donors (Lipinski definition) is 9. The maximum absolute atomic E-state index is 14.2. The quantitative estimate of drug-likeness (QED) is 0.119. The smallest absolute Gasteiger partial charge is 0.320 e. The molecule has 1 saturated carbocycles. The number of carbonyl (C=O) groups is 4. The number of nitrogens with two attached hydrogens (primary N) is 1. The molecule has 1 aromatic carbocycles. The molecule has 0 spiro atoms. The molecule has 0 aromatic heterocycles. The molecule has 1 fully saturated rings. The Hall–Kier alpha value is -3.82. The van der Waals surface area contributed by atoms with Gasteiger partial charge in [0.05, 0.1) is 23.9 Å². The summed E-state index contributed by atoms with van der Waals surface area (Å²) in [6.07, 6.45) is -11.9. The van der Waals surface area contributed by atoms with Gasteiger partial charge in [-0.3, -0.25) is 29.4 Å². The van der Waals surface area contributed by atoms with Gasteiger partial charge in [-0.25, -0.2) is 0 Å². The number of amides is 1. The number of Topliss-reactive ketones (excluding diaryl/α,β-unsaturated/α-hetero) is 2. The van der Waals surface area contributed by atoms with Crippen molar-refractivity contribution in [3.8, 4) is 5.75 Å². The number of phenolic OH excluding ortho intramolecular Hbond substituents is 1. The number of carboxylic acids is 1. The molecule has 6 atom stereocenters. The predicted molar refractivity (Wildman–Crippen MR) is 151 cm³/mol. The lowest BCUT2D eigenvalue weighted by Gasteiger charge is -2.53. The van der Waals surface area contributed by atoms with Crippen LogP contribution in [0.4, 0.5) is 0 Å². The van der Waals surface area contributed by atoms with E-state index in [2.05, 4.69) is 0 Å². The fourth-order valence-electron chi connectivity index (χ4n) is 5.99. The molecule has 0 saturated heterocycles. The van der Waals surface area contributed by atoms with Crippen LogP contribution in [-0.4, -0.2) is 104 Å². The van der Waals surface area contributed by atoms with Crippen LogP contribution in [0.15, 0.2) is 35.1 Å². The number of phenols is 1. The van der Waals surface area contributed by atoms with Gasteiger partial charge in [-0.2, -0.15) is 0 Å². The standard InChI is InChI=1S/C29H38N4O10/c1-28(42)13-7-6-9-17(34)18(13)22(35)19-14(28)11-15-21(33(2)3)23(36)20(25(38)29(15,43)24(19)37)26(39)32-12-31-10-5-4-8-16(30)27(40)41/h6-7,9,14-16,21,31,34-35,38,42-43H,4-5,8,10-12,30H2,1-3H3,(H,32,39)(H,40,41)/t14-,15-,16?,21-,28+,29-/m0/s1/i4D2,5D2,8D2,10D2. The van der Waals surface area contributed by atoms with Crippen molar-refractivity contribution in [1.82, 2.24) is 15.5 Å². The SMILES string of the molecule is [2H]C([2H])(NCNC(=O)C1=C(O)[C@@]2(O)C(=O)C3=C(O)c4c(O)cccc4[C@@](C)(O)[C@H]3C[C@H]2[C@H](N(C)C)C1=O)C([2H])([2H])C([2H])([2H])C([2H])([2H])C(N)C(=O)O. The molecule has 1 unspecified atom stereocenters. The van der Waals surface area contributed by atoms with Crippen molar-refractivity contribution < 1.29 is 60.8 Å². The van der Waals surface area contributed by atoms with Gasteiger partial charge in [0.2, 0.25) is 5.78 Å². The second-order valence-corrected chi connectivity index (χ2v) is 10.8. The van der Waals surface area contributed by atoms with E-state index in [0.717, 1.165) is 0 Å². The van der Waals surface area contributed by atoms with Gasteiger partial charge in [-0.05, 0) is 58.3 Å². The van der Waals surface area contributed by atoms with E-state index in [1.807, 2.05) is 5.32 Å². The molecule has 1 amide bonds. The third-order valence-corrected chi connectivity index (χ3v) is 8.05. The van der Waals surface area contributed by atoms with Gasteiger partial charge in [-0.1, -0.05) is 18.5 Å². The first-order chi connectivity index (χ1) is 23.1. The summed E-state index contributed by atoms with van der Waals surface area (Å²) in [7, 11) is 2.73. The summed E-state index contributed by atoms with van der Waals surface area (Å²) in [6.45, 7) is -3.43. The first-order valence-corrected chi connectivity index (χ1v) is 13.0. The van der Waals surface area contributed by atoms with Crippen molar-refractivity contribution in [2.24, 2.45) is 17.6 Å². The third-order valence-electron chi connectivity index (χ3n) is 8.05. The van der Waals surface area contributed by atoms with Crippen LogP contribution >= 0.6 is 0 Å². The van der Waals surface area contributed by atoms with Crippen molar-refractivity contribution in [1.29, 1.82) is 0 Å². The second kappa shape index (κ2) is 11.7.